The van der Waals surface area contributed by atoms with Crippen LogP contribution in [0.4, 0.5) is 0 Å². The molecule has 0 radical (unpaired) electrons. The summed E-state index contributed by atoms with van der Waals surface area (Å²) in [7, 11) is 1.61. The van der Waals surface area contributed by atoms with Gasteiger partial charge in [-0.3, -0.25) is 0 Å². The van der Waals surface area contributed by atoms with Gasteiger partial charge in [0.1, 0.15) is 7.11 Å². The van der Waals surface area contributed by atoms with Crippen LogP contribution in [0.25, 0.3) is 0 Å². The third-order valence-electron chi connectivity index (χ3n) is 2.95. The van der Waals surface area contributed by atoms with E-state index in [1.54, 1.807) is 7.11 Å². The Bertz CT molecular complexity index is 383. The van der Waals surface area contributed by atoms with Gasteiger partial charge in [-0.1, -0.05) is 44.1 Å². The maximum absolute atomic E-state index is 4.88. The Morgan fingerprint density at radius 3 is 2.65 bits per heavy atom. The predicted molar refractivity (Wildman–Crippen MR) is 73.7 cm³/mol. The summed E-state index contributed by atoms with van der Waals surface area (Å²) in [4.78, 5) is 4.88. The molecular weight excluding hydrogens is 210 g/mol. The zero-order valence-corrected chi connectivity index (χ0v) is 11.4. The molecule has 17 heavy (non-hydrogen) atoms. The number of hydrogen-bond acceptors (Lipinski definition) is 2. The Hall–Kier alpha value is -1.31. The second-order valence-electron chi connectivity index (χ2n) is 3.92. The lowest BCUT2D eigenvalue weighted by atomic mass is 9.88. The van der Waals surface area contributed by atoms with Crippen LogP contribution in [-0.4, -0.2) is 12.8 Å². The van der Waals surface area contributed by atoms with Crippen LogP contribution in [0.3, 0.4) is 0 Å². The van der Waals surface area contributed by atoms with Crippen molar-refractivity contribution in [1.82, 2.24) is 0 Å². The largest absolute Gasteiger partial charge is 0.399 e. The van der Waals surface area contributed by atoms with E-state index in [-0.39, 0.29) is 0 Å². The van der Waals surface area contributed by atoms with Crippen LogP contribution in [0.15, 0.2) is 23.4 Å². The summed E-state index contributed by atoms with van der Waals surface area (Å²) < 4.78 is 0. The first-order chi connectivity index (χ1) is 8.35. The quantitative estimate of drug-likeness (QED) is 0.708. The topological polar surface area (TPSA) is 21.6 Å². The number of benzene rings is 1. The molecular formula is C15H23NO. The van der Waals surface area contributed by atoms with Crippen molar-refractivity contribution in [3.63, 3.8) is 0 Å². The number of rotatable bonds is 2. The predicted octanol–water partition coefficient (Wildman–Crippen LogP) is 3.96. The van der Waals surface area contributed by atoms with E-state index < -0.39 is 0 Å². The van der Waals surface area contributed by atoms with E-state index in [9.17, 15) is 0 Å². The monoisotopic (exact) mass is 233 g/mol. The highest BCUT2D eigenvalue weighted by molar-refractivity contribution is 6.02. The maximum atomic E-state index is 4.88. The summed E-state index contributed by atoms with van der Waals surface area (Å²) in [5, 5.41) is 4.10. The van der Waals surface area contributed by atoms with Crippen molar-refractivity contribution in [3.8, 4) is 0 Å². The fraction of sp³-hybridized carbons (Fsp3) is 0.533. The molecule has 1 aromatic carbocycles. The minimum Gasteiger partial charge on any atom is -0.399 e. The molecule has 94 valence electrons. The fourth-order valence-electron chi connectivity index (χ4n) is 2.14. The first-order valence-corrected chi connectivity index (χ1v) is 6.57. The summed E-state index contributed by atoms with van der Waals surface area (Å²) in [5.74, 6) is 0. The standard InChI is InChI=1S/C13H17NO.C2H6/c1-3-10-7-8-12-11(9-10)5-4-6-13(12)14-15-2;1-2/h7-9H,3-6H2,1-2H3;1-2H3/b14-13+;. The molecule has 1 aliphatic carbocycles. The average Bonchev–Trinajstić information content (AvgIpc) is 2.41. The fourth-order valence-corrected chi connectivity index (χ4v) is 2.14. The van der Waals surface area contributed by atoms with Crippen molar-refractivity contribution >= 4 is 5.71 Å². The second-order valence-corrected chi connectivity index (χ2v) is 3.92. The van der Waals surface area contributed by atoms with E-state index in [0.717, 1.165) is 18.6 Å². The van der Waals surface area contributed by atoms with Crippen LogP contribution in [0.1, 0.15) is 50.3 Å². The van der Waals surface area contributed by atoms with E-state index in [1.807, 2.05) is 13.8 Å². The Kier molecular flexibility index (Phi) is 5.75. The summed E-state index contributed by atoms with van der Waals surface area (Å²) in [5.41, 5.74) is 5.21. The maximum Gasteiger partial charge on any atom is 0.106 e. The first-order valence-electron chi connectivity index (χ1n) is 6.57. The van der Waals surface area contributed by atoms with Gasteiger partial charge in [-0.05, 0) is 36.8 Å². The van der Waals surface area contributed by atoms with Crippen LogP contribution < -0.4 is 0 Å². The highest BCUT2D eigenvalue weighted by Gasteiger charge is 2.15. The van der Waals surface area contributed by atoms with Gasteiger partial charge < -0.3 is 4.84 Å². The van der Waals surface area contributed by atoms with E-state index in [0.29, 0.717) is 0 Å². The van der Waals surface area contributed by atoms with Gasteiger partial charge in [0.2, 0.25) is 0 Å². The molecule has 2 heteroatoms. The average molecular weight is 233 g/mol. The SMILES string of the molecule is CC.CCc1ccc2c(c1)CCC/C2=N\OC. The van der Waals surface area contributed by atoms with E-state index in [4.69, 9.17) is 4.84 Å². The van der Waals surface area contributed by atoms with Crippen LogP contribution >= 0.6 is 0 Å². The van der Waals surface area contributed by atoms with E-state index in [2.05, 4.69) is 30.3 Å². The molecule has 0 unspecified atom stereocenters. The number of nitrogens with zero attached hydrogens (tertiary/aromatic N) is 1. The van der Waals surface area contributed by atoms with Gasteiger partial charge >= 0.3 is 0 Å². The minimum atomic E-state index is 1.03. The molecule has 0 saturated heterocycles. The van der Waals surface area contributed by atoms with Crippen molar-refractivity contribution in [1.29, 1.82) is 0 Å². The molecule has 0 fully saturated rings. The molecule has 0 N–H and O–H groups in total. The van der Waals surface area contributed by atoms with E-state index >= 15 is 0 Å². The molecule has 0 saturated carbocycles. The second kappa shape index (κ2) is 7.10. The molecule has 1 aliphatic rings. The van der Waals surface area contributed by atoms with Gasteiger partial charge in [-0.25, -0.2) is 0 Å². The lowest BCUT2D eigenvalue weighted by Crippen LogP contribution is -2.12. The summed E-state index contributed by atoms with van der Waals surface area (Å²) in [6, 6.07) is 6.68. The van der Waals surface area contributed by atoms with Crippen LogP contribution in [0, 0.1) is 0 Å². The zero-order valence-electron chi connectivity index (χ0n) is 11.4. The van der Waals surface area contributed by atoms with Crippen molar-refractivity contribution in [3.05, 3.63) is 34.9 Å². The Morgan fingerprint density at radius 2 is 2.00 bits per heavy atom. The highest BCUT2D eigenvalue weighted by Crippen LogP contribution is 2.23. The third-order valence-corrected chi connectivity index (χ3v) is 2.95. The summed E-state index contributed by atoms with van der Waals surface area (Å²) in [6.07, 6.45) is 4.49. The number of fused-ring (bicyclic) bond motifs is 1. The lowest BCUT2D eigenvalue weighted by Gasteiger charge is -2.17. The molecule has 1 aromatic rings. The van der Waals surface area contributed by atoms with Crippen molar-refractivity contribution in [2.45, 2.75) is 46.5 Å². The van der Waals surface area contributed by atoms with Gasteiger partial charge in [0.05, 0.1) is 5.71 Å². The first kappa shape index (κ1) is 13.8. The van der Waals surface area contributed by atoms with Crippen LogP contribution in [-0.2, 0) is 17.7 Å². The molecule has 0 aromatic heterocycles. The molecule has 0 heterocycles. The number of hydrogen-bond donors (Lipinski definition) is 0. The third kappa shape index (κ3) is 3.32. The Labute approximate surface area is 105 Å². The molecule has 0 atom stereocenters. The number of aryl methyl sites for hydroxylation is 2. The molecule has 0 bridgehead atoms. The van der Waals surface area contributed by atoms with Gasteiger partial charge in [-0.2, -0.15) is 0 Å². The van der Waals surface area contributed by atoms with E-state index in [1.165, 1.54) is 29.5 Å². The highest BCUT2D eigenvalue weighted by atomic mass is 16.6. The van der Waals surface area contributed by atoms with Crippen molar-refractivity contribution in [2.24, 2.45) is 5.16 Å². The minimum absolute atomic E-state index is 1.03. The molecule has 2 nitrogen and oxygen atoms in total. The summed E-state index contributed by atoms with van der Waals surface area (Å²) in [6.45, 7) is 6.19. The van der Waals surface area contributed by atoms with Gasteiger partial charge in [0.15, 0.2) is 0 Å². The van der Waals surface area contributed by atoms with Crippen LogP contribution in [0.5, 0.6) is 0 Å². The molecule has 2 rings (SSSR count). The lowest BCUT2D eigenvalue weighted by molar-refractivity contribution is 0.212. The molecule has 0 aliphatic heterocycles. The van der Waals surface area contributed by atoms with Crippen molar-refractivity contribution in [2.75, 3.05) is 7.11 Å². The normalized spacial score (nSPS) is 15.9. The smallest absolute Gasteiger partial charge is 0.106 e. The van der Waals surface area contributed by atoms with Gasteiger partial charge in [-0.15, -0.1) is 0 Å². The van der Waals surface area contributed by atoms with Crippen LogP contribution in [0.2, 0.25) is 0 Å². The van der Waals surface area contributed by atoms with Crippen molar-refractivity contribution < 1.29 is 4.84 Å². The summed E-state index contributed by atoms with van der Waals surface area (Å²) >= 11 is 0. The molecule has 0 spiro atoms. The Morgan fingerprint density at radius 1 is 1.24 bits per heavy atom. The van der Waals surface area contributed by atoms with Gasteiger partial charge in [0.25, 0.3) is 0 Å². The number of oxime groups is 1. The van der Waals surface area contributed by atoms with Gasteiger partial charge in [0, 0.05) is 5.56 Å². The Balaban J connectivity index is 0.000000686. The molecule has 0 amide bonds. The zero-order chi connectivity index (χ0) is 12.7.